The molecule has 0 amide bonds. The van der Waals surface area contributed by atoms with Crippen molar-refractivity contribution in [2.24, 2.45) is 0 Å². The average Bonchev–Trinajstić information content (AvgIpc) is 2.35. The largest absolute Gasteiger partial charge is 0.493 e. The van der Waals surface area contributed by atoms with Gasteiger partial charge in [-0.2, -0.15) is 4.31 Å². The average molecular weight is 300 g/mol. The third-order valence-corrected chi connectivity index (χ3v) is 5.66. The fourth-order valence-electron chi connectivity index (χ4n) is 2.12. The van der Waals surface area contributed by atoms with Gasteiger partial charge >= 0.3 is 0 Å². The Morgan fingerprint density at radius 3 is 2.20 bits per heavy atom. The Hall–Kier alpha value is -1.31. The second-order valence-corrected chi connectivity index (χ2v) is 6.77. The molecule has 2 rings (SSSR count). The molecule has 1 N–H and O–H groups in total. The van der Waals surface area contributed by atoms with Crippen LogP contribution in [0.3, 0.4) is 0 Å². The van der Waals surface area contributed by atoms with Crippen molar-refractivity contribution in [3.63, 3.8) is 0 Å². The number of likely N-dealkylation sites (N-methyl/N-ethyl adjacent to an activating group) is 1. The minimum absolute atomic E-state index is 0.00694. The van der Waals surface area contributed by atoms with E-state index in [1.807, 2.05) is 0 Å². The summed E-state index contributed by atoms with van der Waals surface area (Å²) in [6.07, 6.45) is 0. The normalized spacial score (nSPS) is 16.1. The van der Waals surface area contributed by atoms with Crippen molar-refractivity contribution in [3.8, 4) is 11.5 Å². The van der Waals surface area contributed by atoms with Gasteiger partial charge < -0.3 is 14.8 Å². The van der Waals surface area contributed by atoms with Gasteiger partial charge in [0.15, 0.2) is 11.5 Å². The van der Waals surface area contributed by atoms with Crippen LogP contribution in [0.25, 0.3) is 0 Å². The second kappa shape index (κ2) is 5.59. The van der Waals surface area contributed by atoms with Crippen LogP contribution in [0.15, 0.2) is 17.0 Å². The molecule has 1 fully saturated rings. The van der Waals surface area contributed by atoms with Gasteiger partial charge in [-0.1, -0.05) is 0 Å². The van der Waals surface area contributed by atoms with E-state index in [-0.39, 0.29) is 10.9 Å². The number of aryl methyl sites for hydroxylation is 1. The van der Waals surface area contributed by atoms with Crippen LogP contribution in [0.5, 0.6) is 11.5 Å². The standard InChI is InChI=1S/C13H20N2O4S/c1-9-5-11(18-3)12(19-4)6-13(9)20(16,17)15(2)10-7-14-8-10/h5-6,10,14H,7-8H2,1-4H3. The summed E-state index contributed by atoms with van der Waals surface area (Å²) < 4.78 is 37.1. The lowest BCUT2D eigenvalue weighted by Crippen LogP contribution is -2.57. The van der Waals surface area contributed by atoms with Crippen molar-refractivity contribution in [2.75, 3.05) is 34.4 Å². The number of hydrogen-bond acceptors (Lipinski definition) is 5. The number of sulfonamides is 1. The molecule has 0 aliphatic carbocycles. The number of benzene rings is 1. The summed E-state index contributed by atoms with van der Waals surface area (Å²) in [6, 6.07) is 3.21. The van der Waals surface area contributed by atoms with Gasteiger partial charge in [0.2, 0.25) is 10.0 Å². The molecule has 7 heteroatoms. The SMILES string of the molecule is COc1cc(C)c(S(=O)(=O)N(C)C2CNC2)cc1OC. The first kappa shape index (κ1) is 15.1. The quantitative estimate of drug-likeness (QED) is 0.863. The number of methoxy groups -OCH3 is 2. The zero-order chi connectivity index (χ0) is 14.9. The number of ether oxygens (including phenoxy) is 2. The molecular weight excluding hydrogens is 280 g/mol. The third-order valence-electron chi connectivity index (χ3n) is 3.61. The molecule has 0 bridgehead atoms. The van der Waals surface area contributed by atoms with Gasteiger partial charge in [-0.15, -0.1) is 0 Å². The number of nitrogens with zero attached hydrogens (tertiary/aromatic N) is 1. The number of rotatable bonds is 5. The zero-order valence-corrected chi connectivity index (χ0v) is 13.0. The van der Waals surface area contributed by atoms with E-state index in [9.17, 15) is 8.42 Å². The van der Waals surface area contributed by atoms with E-state index >= 15 is 0 Å². The summed E-state index contributed by atoms with van der Waals surface area (Å²) in [5, 5.41) is 3.07. The van der Waals surface area contributed by atoms with Gasteiger partial charge in [0, 0.05) is 32.2 Å². The van der Waals surface area contributed by atoms with E-state index in [4.69, 9.17) is 9.47 Å². The first-order valence-corrected chi connectivity index (χ1v) is 7.77. The highest BCUT2D eigenvalue weighted by atomic mass is 32.2. The first-order chi connectivity index (χ1) is 9.41. The van der Waals surface area contributed by atoms with Crippen LogP contribution < -0.4 is 14.8 Å². The van der Waals surface area contributed by atoms with E-state index in [2.05, 4.69) is 5.32 Å². The molecule has 0 spiro atoms. The third kappa shape index (κ3) is 2.48. The molecule has 1 heterocycles. The summed E-state index contributed by atoms with van der Waals surface area (Å²) in [6.45, 7) is 3.12. The lowest BCUT2D eigenvalue weighted by molar-refractivity contribution is 0.274. The minimum Gasteiger partial charge on any atom is -0.493 e. The summed E-state index contributed by atoms with van der Waals surface area (Å²) in [4.78, 5) is 0.254. The lowest BCUT2D eigenvalue weighted by atomic mass is 10.2. The monoisotopic (exact) mass is 300 g/mol. The molecule has 6 nitrogen and oxygen atoms in total. The van der Waals surface area contributed by atoms with Crippen molar-refractivity contribution < 1.29 is 17.9 Å². The second-order valence-electron chi connectivity index (χ2n) is 4.81. The van der Waals surface area contributed by atoms with Gasteiger partial charge in [-0.05, 0) is 18.6 Å². The molecule has 112 valence electrons. The molecule has 1 saturated heterocycles. The van der Waals surface area contributed by atoms with Crippen molar-refractivity contribution >= 4 is 10.0 Å². The van der Waals surface area contributed by atoms with E-state index in [0.29, 0.717) is 30.2 Å². The Labute approximate surface area is 119 Å². The maximum absolute atomic E-state index is 12.7. The van der Waals surface area contributed by atoms with Crippen molar-refractivity contribution in [1.29, 1.82) is 0 Å². The smallest absolute Gasteiger partial charge is 0.243 e. The van der Waals surface area contributed by atoms with Crippen LogP contribution in [0.1, 0.15) is 5.56 Å². The van der Waals surface area contributed by atoms with Gasteiger partial charge in [0.25, 0.3) is 0 Å². The van der Waals surface area contributed by atoms with Crippen LogP contribution in [0.4, 0.5) is 0 Å². The van der Waals surface area contributed by atoms with Crippen LogP contribution >= 0.6 is 0 Å². The molecule has 0 aromatic heterocycles. The predicted molar refractivity (Wildman–Crippen MR) is 75.9 cm³/mol. The molecule has 1 aliphatic heterocycles. The summed E-state index contributed by atoms with van der Waals surface area (Å²) in [5.41, 5.74) is 0.641. The van der Waals surface area contributed by atoms with Gasteiger partial charge in [-0.3, -0.25) is 0 Å². The summed E-state index contributed by atoms with van der Waals surface area (Å²) >= 11 is 0. The van der Waals surface area contributed by atoms with Crippen LogP contribution in [0.2, 0.25) is 0 Å². The molecule has 1 aromatic rings. The Morgan fingerprint density at radius 2 is 1.75 bits per heavy atom. The zero-order valence-electron chi connectivity index (χ0n) is 12.1. The Morgan fingerprint density at radius 1 is 1.20 bits per heavy atom. The molecule has 20 heavy (non-hydrogen) atoms. The molecule has 0 unspecified atom stereocenters. The Bertz CT molecular complexity index is 597. The van der Waals surface area contributed by atoms with Crippen LogP contribution in [-0.2, 0) is 10.0 Å². The molecular formula is C13H20N2O4S. The van der Waals surface area contributed by atoms with Gasteiger partial charge in [0.05, 0.1) is 19.1 Å². The first-order valence-electron chi connectivity index (χ1n) is 6.33. The van der Waals surface area contributed by atoms with Gasteiger partial charge in [0.1, 0.15) is 0 Å². The van der Waals surface area contributed by atoms with Crippen molar-refractivity contribution in [1.82, 2.24) is 9.62 Å². The molecule has 0 saturated carbocycles. The van der Waals surface area contributed by atoms with E-state index in [1.165, 1.54) is 24.6 Å². The van der Waals surface area contributed by atoms with E-state index < -0.39 is 10.0 Å². The highest BCUT2D eigenvalue weighted by molar-refractivity contribution is 7.89. The minimum atomic E-state index is -3.53. The van der Waals surface area contributed by atoms with E-state index in [1.54, 1.807) is 20.0 Å². The maximum Gasteiger partial charge on any atom is 0.243 e. The molecule has 0 radical (unpaired) electrons. The highest BCUT2D eigenvalue weighted by Crippen LogP contribution is 2.33. The molecule has 1 aromatic carbocycles. The highest BCUT2D eigenvalue weighted by Gasteiger charge is 2.33. The molecule has 0 atom stereocenters. The maximum atomic E-state index is 12.7. The van der Waals surface area contributed by atoms with Crippen LogP contribution in [0, 0.1) is 6.92 Å². The fourth-order valence-corrected chi connectivity index (χ4v) is 3.70. The van der Waals surface area contributed by atoms with Crippen molar-refractivity contribution in [3.05, 3.63) is 17.7 Å². The Kier molecular flexibility index (Phi) is 4.22. The number of nitrogens with one attached hydrogen (secondary N) is 1. The van der Waals surface area contributed by atoms with Crippen LogP contribution in [-0.4, -0.2) is 53.1 Å². The van der Waals surface area contributed by atoms with Gasteiger partial charge in [-0.25, -0.2) is 8.42 Å². The Balaban J connectivity index is 2.45. The number of hydrogen-bond donors (Lipinski definition) is 1. The van der Waals surface area contributed by atoms with Crippen molar-refractivity contribution in [2.45, 2.75) is 17.9 Å². The van der Waals surface area contributed by atoms with E-state index in [0.717, 1.165) is 0 Å². The fraction of sp³-hybridized carbons (Fsp3) is 0.538. The topological polar surface area (TPSA) is 67.9 Å². The lowest BCUT2D eigenvalue weighted by Gasteiger charge is -2.35. The summed E-state index contributed by atoms with van der Waals surface area (Å²) in [7, 11) is 1.09. The predicted octanol–water partition coefficient (Wildman–Crippen LogP) is 0.605. The summed E-state index contributed by atoms with van der Waals surface area (Å²) in [5.74, 6) is 0.939. The molecule has 1 aliphatic rings.